The number of hydrogen-bond acceptors (Lipinski definition) is 4. The lowest BCUT2D eigenvalue weighted by atomic mass is 10.2. The fourth-order valence-corrected chi connectivity index (χ4v) is 2.59. The smallest absolute Gasteiger partial charge is 0.239 e. The molecule has 21 heavy (non-hydrogen) atoms. The predicted octanol–water partition coefficient (Wildman–Crippen LogP) is 1.24. The van der Waals surface area contributed by atoms with Gasteiger partial charge in [-0.25, -0.2) is 0 Å². The quantitative estimate of drug-likeness (QED) is 0.791. The third kappa shape index (κ3) is 4.19. The molecular formula is C16H24N2O3. The van der Waals surface area contributed by atoms with E-state index in [9.17, 15) is 4.79 Å². The van der Waals surface area contributed by atoms with Gasteiger partial charge in [-0.1, -0.05) is 18.2 Å². The Morgan fingerprint density at radius 3 is 2.71 bits per heavy atom. The highest BCUT2D eigenvalue weighted by atomic mass is 16.5. The third-order valence-electron chi connectivity index (χ3n) is 3.94. The maximum atomic E-state index is 12.4. The zero-order valence-corrected chi connectivity index (χ0v) is 13.0. The van der Waals surface area contributed by atoms with E-state index >= 15 is 0 Å². The van der Waals surface area contributed by atoms with Crippen LogP contribution in [0, 0.1) is 0 Å². The van der Waals surface area contributed by atoms with E-state index < -0.39 is 0 Å². The van der Waals surface area contributed by atoms with Gasteiger partial charge in [0, 0.05) is 20.7 Å². The summed E-state index contributed by atoms with van der Waals surface area (Å²) in [5.41, 5.74) is 0. The van der Waals surface area contributed by atoms with Crippen molar-refractivity contribution in [1.29, 1.82) is 0 Å². The minimum atomic E-state index is -0.0864. The molecule has 0 aromatic heterocycles. The molecule has 1 aromatic carbocycles. The summed E-state index contributed by atoms with van der Waals surface area (Å²) in [5.74, 6) is 0.962. The van der Waals surface area contributed by atoms with Crippen molar-refractivity contribution in [2.45, 2.75) is 18.6 Å². The van der Waals surface area contributed by atoms with Crippen molar-refractivity contribution >= 4 is 5.91 Å². The van der Waals surface area contributed by atoms with Crippen LogP contribution in [0.2, 0.25) is 0 Å². The van der Waals surface area contributed by atoms with Crippen LogP contribution in [0.3, 0.4) is 0 Å². The van der Waals surface area contributed by atoms with Gasteiger partial charge in [0.05, 0.1) is 18.7 Å². The number of rotatable bonds is 6. The molecule has 0 aliphatic carbocycles. The summed E-state index contributed by atoms with van der Waals surface area (Å²) >= 11 is 0. The standard InChI is InChI=1S/C16H24N2O3/c1-17(9-10-21-13-7-5-4-6-8-13)16(19)15-11-14(20-3)12-18(15)2/h4-8,14-15H,9-12H2,1-3H3/t14-,15-/m0/s1. The Bertz CT molecular complexity index is 452. The SMILES string of the molecule is CO[C@H]1C[C@@H](C(=O)N(C)CCOc2ccccc2)N(C)C1. The van der Waals surface area contributed by atoms with Gasteiger partial charge in [0.1, 0.15) is 12.4 Å². The highest BCUT2D eigenvalue weighted by molar-refractivity contribution is 5.82. The zero-order chi connectivity index (χ0) is 15.2. The Morgan fingerprint density at radius 2 is 2.10 bits per heavy atom. The van der Waals surface area contributed by atoms with Crippen LogP contribution in [0.4, 0.5) is 0 Å². The van der Waals surface area contributed by atoms with Gasteiger partial charge >= 0.3 is 0 Å². The summed E-state index contributed by atoms with van der Waals surface area (Å²) in [4.78, 5) is 16.2. The molecule has 1 aliphatic rings. The van der Waals surface area contributed by atoms with Crippen molar-refractivity contribution in [2.24, 2.45) is 0 Å². The van der Waals surface area contributed by atoms with Gasteiger partial charge in [0.25, 0.3) is 0 Å². The molecule has 0 spiro atoms. The Kier molecular flexibility index (Phi) is 5.59. The molecule has 1 aromatic rings. The highest BCUT2D eigenvalue weighted by Crippen LogP contribution is 2.19. The van der Waals surface area contributed by atoms with Crippen molar-refractivity contribution in [1.82, 2.24) is 9.80 Å². The molecule has 2 rings (SSSR count). The van der Waals surface area contributed by atoms with Crippen molar-refractivity contribution in [3.63, 3.8) is 0 Å². The number of carbonyl (C=O) groups excluding carboxylic acids is 1. The van der Waals surface area contributed by atoms with E-state index in [2.05, 4.69) is 4.90 Å². The summed E-state index contributed by atoms with van der Waals surface area (Å²) < 4.78 is 11.0. The fourth-order valence-electron chi connectivity index (χ4n) is 2.59. The van der Waals surface area contributed by atoms with Crippen LogP contribution >= 0.6 is 0 Å². The number of amides is 1. The first-order valence-electron chi connectivity index (χ1n) is 7.27. The zero-order valence-electron chi connectivity index (χ0n) is 13.0. The molecule has 116 valence electrons. The first kappa shape index (κ1) is 15.8. The number of methoxy groups -OCH3 is 1. The van der Waals surface area contributed by atoms with Crippen molar-refractivity contribution in [3.05, 3.63) is 30.3 Å². The molecule has 5 nitrogen and oxygen atoms in total. The van der Waals surface area contributed by atoms with E-state index in [4.69, 9.17) is 9.47 Å². The van der Waals surface area contributed by atoms with Crippen LogP contribution in [0.5, 0.6) is 5.75 Å². The maximum absolute atomic E-state index is 12.4. The van der Waals surface area contributed by atoms with Crippen LogP contribution in [-0.4, -0.2) is 68.8 Å². The molecule has 1 aliphatic heterocycles. The molecule has 1 fully saturated rings. The summed E-state index contributed by atoms with van der Waals surface area (Å²) in [6, 6.07) is 9.55. The Morgan fingerprint density at radius 1 is 1.38 bits per heavy atom. The van der Waals surface area contributed by atoms with Crippen LogP contribution < -0.4 is 4.74 Å². The van der Waals surface area contributed by atoms with E-state index in [1.54, 1.807) is 12.0 Å². The number of hydrogen-bond donors (Lipinski definition) is 0. The Hall–Kier alpha value is -1.59. The largest absolute Gasteiger partial charge is 0.492 e. The van der Waals surface area contributed by atoms with Gasteiger partial charge in [-0.2, -0.15) is 0 Å². The van der Waals surface area contributed by atoms with Crippen LogP contribution in [0.15, 0.2) is 30.3 Å². The lowest BCUT2D eigenvalue weighted by Crippen LogP contribution is -2.43. The monoisotopic (exact) mass is 292 g/mol. The first-order valence-corrected chi connectivity index (χ1v) is 7.27. The van der Waals surface area contributed by atoms with E-state index in [1.165, 1.54) is 0 Å². The number of benzene rings is 1. The molecule has 1 heterocycles. The molecule has 0 bridgehead atoms. The van der Waals surface area contributed by atoms with Crippen molar-refractivity contribution in [3.8, 4) is 5.75 Å². The van der Waals surface area contributed by atoms with Crippen molar-refractivity contribution < 1.29 is 14.3 Å². The van der Waals surface area contributed by atoms with E-state index in [0.29, 0.717) is 13.2 Å². The van der Waals surface area contributed by atoms with Gasteiger partial charge in [-0.15, -0.1) is 0 Å². The number of likely N-dealkylation sites (tertiary alicyclic amines) is 1. The third-order valence-corrected chi connectivity index (χ3v) is 3.94. The summed E-state index contributed by atoms with van der Waals surface area (Å²) in [6.07, 6.45) is 0.910. The molecule has 0 radical (unpaired) electrons. The van der Waals surface area contributed by atoms with Gasteiger partial charge in [-0.3, -0.25) is 9.69 Å². The maximum Gasteiger partial charge on any atom is 0.239 e. The number of ether oxygens (including phenoxy) is 2. The molecule has 5 heteroatoms. The van der Waals surface area contributed by atoms with E-state index in [1.807, 2.05) is 44.4 Å². The van der Waals surface area contributed by atoms with Crippen LogP contribution in [0.25, 0.3) is 0 Å². The van der Waals surface area contributed by atoms with Crippen molar-refractivity contribution in [2.75, 3.05) is 40.9 Å². The lowest BCUT2D eigenvalue weighted by molar-refractivity contribution is -0.134. The van der Waals surface area contributed by atoms with Crippen LogP contribution in [-0.2, 0) is 9.53 Å². The second-order valence-corrected chi connectivity index (χ2v) is 5.47. The van der Waals surface area contributed by atoms with Crippen LogP contribution in [0.1, 0.15) is 6.42 Å². The number of carbonyl (C=O) groups is 1. The van der Waals surface area contributed by atoms with Gasteiger partial charge in [-0.05, 0) is 25.6 Å². The average Bonchev–Trinajstić information content (AvgIpc) is 2.88. The van der Waals surface area contributed by atoms with E-state index in [-0.39, 0.29) is 18.1 Å². The lowest BCUT2D eigenvalue weighted by Gasteiger charge is -2.25. The second kappa shape index (κ2) is 7.43. The normalized spacial score (nSPS) is 22.2. The Balaban J connectivity index is 1.77. The molecular weight excluding hydrogens is 268 g/mol. The molecule has 0 N–H and O–H groups in total. The van der Waals surface area contributed by atoms with E-state index in [0.717, 1.165) is 18.7 Å². The number of likely N-dealkylation sites (N-methyl/N-ethyl adjacent to an activating group) is 2. The average molecular weight is 292 g/mol. The Labute approximate surface area is 126 Å². The number of para-hydroxylation sites is 1. The van der Waals surface area contributed by atoms with Gasteiger partial charge < -0.3 is 14.4 Å². The summed E-state index contributed by atoms with van der Waals surface area (Å²) in [7, 11) is 5.49. The molecule has 0 unspecified atom stereocenters. The predicted molar refractivity (Wildman–Crippen MR) is 81.4 cm³/mol. The molecule has 1 amide bonds. The summed E-state index contributed by atoms with van der Waals surface area (Å²) in [5, 5.41) is 0. The number of nitrogens with zero attached hydrogens (tertiary/aromatic N) is 2. The summed E-state index contributed by atoms with van der Waals surface area (Å²) in [6.45, 7) is 1.88. The van der Waals surface area contributed by atoms with Gasteiger partial charge in [0.2, 0.25) is 5.91 Å². The topological polar surface area (TPSA) is 42.0 Å². The first-order chi connectivity index (χ1) is 10.1. The van der Waals surface area contributed by atoms with Gasteiger partial charge in [0.15, 0.2) is 0 Å². The fraction of sp³-hybridized carbons (Fsp3) is 0.562. The second-order valence-electron chi connectivity index (χ2n) is 5.47. The molecule has 2 atom stereocenters. The minimum Gasteiger partial charge on any atom is -0.492 e. The highest BCUT2D eigenvalue weighted by Gasteiger charge is 2.35. The molecule has 1 saturated heterocycles. The molecule has 0 saturated carbocycles. The minimum absolute atomic E-state index is 0.0864.